The third kappa shape index (κ3) is 4.98. The van der Waals surface area contributed by atoms with Crippen LogP contribution in [0.5, 0.6) is 0 Å². The standard InChI is InChI=1S/C22H27N5O5S/c1-17-8-10-26(11-9-17)33(31,32)20-5-2-18(3-6-20)22(28)25-14-12-24(13-15-25)21-7-4-19(16-23-21)27(29)30/h2-7,16-17H,8-15H2,1H3. The smallest absolute Gasteiger partial charge is 0.287 e. The van der Waals surface area contributed by atoms with E-state index in [9.17, 15) is 23.3 Å². The number of rotatable bonds is 5. The molecule has 2 aliphatic rings. The highest BCUT2D eigenvalue weighted by Crippen LogP contribution is 2.24. The molecule has 0 unspecified atom stereocenters. The molecule has 1 aromatic heterocycles. The number of aromatic nitrogens is 1. The van der Waals surface area contributed by atoms with Gasteiger partial charge in [0.2, 0.25) is 10.0 Å². The Balaban J connectivity index is 1.36. The number of piperidine rings is 1. The summed E-state index contributed by atoms with van der Waals surface area (Å²) in [5.41, 5.74) is 0.385. The summed E-state index contributed by atoms with van der Waals surface area (Å²) in [5, 5.41) is 10.8. The van der Waals surface area contributed by atoms with Gasteiger partial charge in [-0.05, 0) is 49.1 Å². The molecule has 176 valence electrons. The van der Waals surface area contributed by atoms with Crippen LogP contribution in [0.25, 0.3) is 0 Å². The maximum atomic E-state index is 12.9. The monoisotopic (exact) mass is 473 g/mol. The Bertz CT molecular complexity index is 1100. The molecule has 33 heavy (non-hydrogen) atoms. The van der Waals surface area contributed by atoms with Gasteiger partial charge in [0.15, 0.2) is 0 Å². The van der Waals surface area contributed by atoms with E-state index in [0.717, 1.165) is 12.8 Å². The molecule has 2 aromatic rings. The van der Waals surface area contributed by atoms with Gasteiger partial charge >= 0.3 is 0 Å². The summed E-state index contributed by atoms with van der Waals surface area (Å²) in [6.45, 7) is 5.24. The third-order valence-corrected chi connectivity index (χ3v) is 8.23. The van der Waals surface area contributed by atoms with Crippen LogP contribution in [0, 0.1) is 16.0 Å². The van der Waals surface area contributed by atoms with Crippen LogP contribution in [0.1, 0.15) is 30.1 Å². The number of nitro groups is 1. The van der Waals surface area contributed by atoms with Crippen molar-refractivity contribution in [2.45, 2.75) is 24.7 Å². The number of nitrogens with zero attached hydrogens (tertiary/aromatic N) is 5. The van der Waals surface area contributed by atoms with Crippen molar-refractivity contribution in [3.05, 3.63) is 58.3 Å². The molecule has 4 rings (SSSR count). The quantitative estimate of drug-likeness (QED) is 0.483. The van der Waals surface area contributed by atoms with E-state index < -0.39 is 14.9 Å². The van der Waals surface area contributed by atoms with Crippen LogP contribution >= 0.6 is 0 Å². The van der Waals surface area contributed by atoms with E-state index in [1.807, 2.05) is 4.90 Å². The fourth-order valence-electron chi connectivity index (χ4n) is 4.14. The van der Waals surface area contributed by atoms with Crippen LogP contribution in [-0.4, -0.2) is 72.7 Å². The molecule has 0 bridgehead atoms. The average Bonchev–Trinajstić information content (AvgIpc) is 2.84. The Morgan fingerprint density at radius 3 is 2.18 bits per heavy atom. The predicted octanol–water partition coefficient (Wildman–Crippen LogP) is 2.37. The van der Waals surface area contributed by atoms with Crippen LogP contribution in [0.3, 0.4) is 0 Å². The molecule has 2 saturated heterocycles. The number of hydrogen-bond donors (Lipinski definition) is 0. The maximum Gasteiger partial charge on any atom is 0.287 e. The summed E-state index contributed by atoms with van der Waals surface area (Å²) < 4.78 is 27.3. The number of hydrogen-bond acceptors (Lipinski definition) is 7. The van der Waals surface area contributed by atoms with Gasteiger partial charge in [-0.15, -0.1) is 0 Å². The summed E-state index contributed by atoms with van der Waals surface area (Å²) >= 11 is 0. The number of amides is 1. The van der Waals surface area contributed by atoms with E-state index in [1.165, 1.54) is 28.7 Å². The number of sulfonamides is 1. The number of carbonyl (C=O) groups is 1. The van der Waals surface area contributed by atoms with Gasteiger partial charge in [-0.25, -0.2) is 13.4 Å². The molecule has 0 radical (unpaired) electrons. The summed E-state index contributed by atoms with van der Waals surface area (Å²) in [4.78, 5) is 31.3. The summed E-state index contributed by atoms with van der Waals surface area (Å²) in [6, 6.07) is 9.20. The lowest BCUT2D eigenvalue weighted by Gasteiger charge is -2.35. The minimum atomic E-state index is -3.55. The van der Waals surface area contributed by atoms with Crippen LogP contribution in [0.2, 0.25) is 0 Å². The SMILES string of the molecule is CC1CCN(S(=O)(=O)c2ccc(C(=O)N3CCN(c4ccc([N+](=O)[O-])cn4)CC3)cc2)CC1. The van der Waals surface area contributed by atoms with Crippen molar-refractivity contribution in [3.63, 3.8) is 0 Å². The van der Waals surface area contributed by atoms with Crippen molar-refractivity contribution in [2.75, 3.05) is 44.2 Å². The lowest BCUT2D eigenvalue weighted by atomic mass is 10.0. The van der Waals surface area contributed by atoms with Gasteiger partial charge in [0.1, 0.15) is 12.0 Å². The number of pyridine rings is 1. The Labute approximate surface area is 193 Å². The maximum absolute atomic E-state index is 12.9. The van der Waals surface area contributed by atoms with Gasteiger partial charge in [-0.1, -0.05) is 6.92 Å². The minimum absolute atomic E-state index is 0.0622. The zero-order valence-electron chi connectivity index (χ0n) is 18.5. The van der Waals surface area contributed by atoms with Crippen molar-refractivity contribution in [1.82, 2.24) is 14.2 Å². The van der Waals surface area contributed by atoms with Gasteiger partial charge in [-0.2, -0.15) is 4.31 Å². The van der Waals surface area contributed by atoms with Crippen LogP contribution < -0.4 is 4.90 Å². The number of benzene rings is 1. The zero-order chi connectivity index (χ0) is 23.6. The van der Waals surface area contributed by atoms with Gasteiger partial charge in [0.05, 0.1) is 9.82 Å². The fraction of sp³-hybridized carbons (Fsp3) is 0.455. The Hall–Kier alpha value is -3.05. The normalized spacial score (nSPS) is 18.3. The second-order valence-electron chi connectivity index (χ2n) is 8.52. The van der Waals surface area contributed by atoms with E-state index in [-0.39, 0.29) is 16.5 Å². The van der Waals surface area contributed by atoms with Crippen molar-refractivity contribution in [2.24, 2.45) is 5.92 Å². The molecular formula is C22H27N5O5S. The fourth-order valence-corrected chi connectivity index (χ4v) is 5.61. The summed E-state index contributed by atoms with van der Waals surface area (Å²) in [6.07, 6.45) is 2.95. The molecule has 0 N–H and O–H groups in total. The molecule has 0 spiro atoms. The molecule has 0 aliphatic carbocycles. The van der Waals surface area contributed by atoms with Crippen molar-refractivity contribution < 1.29 is 18.1 Å². The molecule has 1 amide bonds. The van der Waals surface area contributed by atoms with E-state index in [0.29, 0.717) is 56.6 Å². The molecule has 11 heteroatoms. The first kappa shape index (κ1) is 23.1. The first-order chi connectivity index (χ1) is 15.8. The van der Waals surface area contributed by atoms with Gasteiger partial charge in [0.25, 0.3) is 11.6 Å². The van der Waals surface area contributed by atoms with E-state index in [2.05, 4.69) is 11.9 Å². The molecule has 2 aliphatic heterocycles. The topological polar surface area (TPSA) is 117 Å². The first-order valence-corrected chi connectivity index (χ1v) is 12.4. The highest BCUT2D eigenvalue weighted by molar-refractivity contribution is 7.89. The highest BCUT2D eigenvalue weighted by atomic mass is 32.2. The van der Waals surface area contributed by atoms with Crippen LogP contribution in [0.15, 0.2) is 47.5 Å². The molecular weight excluding hydrogens is 446 g/mol. The van der Waals surface area contributed by atoms with Crippen molar-refractivity contribution >= 4 is 27.4 Å². The average molecular weight is 474 g/mol. The summed E-state index contributed by atoms with van der Waals surface area (Å²) in [5.74, 6) is 1.02. The second-order valence-corrected chi connectivity index (χ2v) is 10.5. The molecule has 0 saturated carbocycles. The third-order valence-electron chi connectivity index (χ3n) is 6.32. The molecule has 2 fully saturated rings. The van der Waals surface area contributed by atoms with E-state index >= 15 is 0 Å². The first-order valence-electron chi connectivity index (χ1n) is 11.0. The van der Waals surface area contributed by atoms with E-state index in [4.69, 9.17) is 0 Å². The van der Waals surface area contributed by atoms with E-state index in [1.54, 1.807) is 23.1 Å². The Morgan fingerprint density at radius 2 is 1.64 bits per heavy atom. The van der Waals surface area contributed by atoms with Crippen molar-refractivity contribution in [1.29, 1.82) is 0 Å². The van der Waals surface area contributed by atoms with Gasteiger partial charge < -0.3 is 9.80 Å². The number of anilines is 1. The minimum Gasteiger partial charge on any atom is -0.353 e. The predicted molar refractivity (Wildman–Crippen MR) is 123 cm³/mol. The molecule has 10 nitrogen and oxygen atoms in total. The lowest BCUT2D eigenvalue weighted by molar-refractivity contribution is -0.385. The van der Waals surface area contributed by atoms with Gasteiger partial charge in [-0.3, -0.25) is 14.9 Å². The Morgan fingerprint density at radius 1 is 1.00 bits per heavy atom. The largest absolute Gasteiger partial charge is 0.353 e. The zero-order valence-corrected chi connectivity index (χ0v) is 19.3. The second kappa shape index (κ2) is 9.44. The van der Waals surface area contributed by atoms with Crippen LogP contribution in [-0.2, 0) is 10.0 Å². The molecule has 3 heterocycles. The Kier molecular flexibility index (Phi) is 6.61. The van der Waals surface area contributed by atoms with Crippen LogP contribution in [0.4, 0.5) is 11.5 Å². The highest BCUT2D eigenvalue weighted by Gasteiger charge is 2.29. The molecule has 1 aromatic carbocycles. The lowest BCUT2D eigenvalue weighted by Crippen LogP contribution is -2.49. The number of carbonyl (C=O) groups excluding carboxylic acids is 1. The van der Waals surface area contributed by atoms with Crippen molar-refractivity contribution in [3.8, 4) is 0 Å². The summed E-state index contributed by atoms with van der Waals surface area (Å²) in [7, 11) is -3.55. The number of piperazine rings is 1. The molecule has 0 atom stereocenters. The van der Waals surface area contributed by atoms with Gasteiger partial charge in [0, 0.05) is 50.9 Å².